The number of aryl methyl sites for hydroxylation is 2. The Kier molecular flexibility index (Phi) is 6.40. The summed E-state index contributed by atoms with van der Waals surface area (Å²) in [7, 11) is 0. The van der Waals surface area contributed by atoms with Crippen molar-refractivity contribution in [2.75, 3.05) is 13.2 Å². The van der Waals surface area contributed by atoms with Crippen LogP contribution in [0.3, 0.4) is 0 Å². The lowest BCUT2D eigenvalue weighted by atomic mass is 10.0. The van der Waals surface area contributed by atoms with Gasteiger partial charge in [0.15, 0.2) is 12.4 Å². The van der Waals surface area contributed by atoms with E-state index in [4.69, 9.17) is 4.74 Å². The van der Waals surface area contributed by atoms with E-state index in [1.54, 1.807) is 23.0 Å². The summed E-state index contributed by atoms with van der Waals surface area (Å²) in [6, 6.07) is 9.08. The highest BCUT2D eigenvalue weighted by Gasteiger charge is 2.47. The van der Waals surface area contributed by atoms with Crippen LogP contribution in [0.15, 0.2) is 48.8 Å². The molecule has 0 radical (unpaired) electrons. The molecular formula is C27H27FN4O4. The molecule has 0 saturated carbocycles. The Morgan fingerprint density at radius 1 is 1.19 bits per heavy atom. The molecule has 2 aliphatic rings. The third-order valence-electron chi connectivity index (χ3n) is 6.48. The molecule has 2 aliphatic heterocycles. The number of ether oxygens (including phenoxy) is 1. The molecule has 1 aromatic carbocycles. The first-order valence-corrected chi connectivity index (χ1v) is 12.1. The maximum Gasteiger partial charge on any atom is 0.327 e. The van der Waals surface area contributed by atoms with Gasteiger partial charge in [0.2, 0.25) is 0 Å². The molecule has 5 rings (SSSR count). The molecule has 2 aromatic heterocycles. The number of imide groups is 1. The van der Waals surface area contributed by atoms with Crippen molar-refractivity contribution >= 4 is 23.1 Å². The Hall–Kier alpha value is -3.85. The van der Waals surface area contributed by atoms with Gasteiger partial charge in [0.05, 0.1) is 24.0 Å². The monoisotopic (exact) mass is 490 g/mol. The number of carbonyl (C=O) groups excluding carboxylic acids is 2. The largest absolute Gasteiger partial charge is 0.858 e. The number of halogens is 1. The van der Waals surface area contributed by atoms with E-state index in [9.17, 15) is 19.1 Å². The second-order valence-corrected chi connectivity index (χ2v) is 9.13. The number of aromatic nitrogens is 3. The highest BCUT2D eigenvalue weighted by molar-refractivity contribution is 6.45. The van der Waals surface area contributed by atoms with Crippen LogP contribution >= 0.6 is 0 Å². The van der Waals surface area contributed by atoms with Crippen molar-refractivity contribution in [3.8, 4) is 11.6 Å². The van der Waals surface area contributed by atoms with Gasteiger partial charge in [-0.2, -0.15) is 9.67 Å². The number of benzene rings is 1. The van der Waals surface area contributed by atoms with Crippen molar-refractivity contribution in [1.29, 1.82) is 0 Å². The summed E-state index contributed by atoms with van der Waals surface area (Å²) in [4.78, 5) is 28.7. The van der Waals surface area contributed by atoms with Crippen molar-refractivity contribution in [2.45, 2.75) is 45.6 Å². The van der Waals surface area contributed by atoms with Gasteiger partial charge in [0.25, 0.3) is 11.6 Å². The van der Waals surface area contributed by atoms with Crippen LogP contribution in [-0.4, -0.2) is 45.8 Å². The van der Waals surface area contributed by atoms with E-state index in [2.05, 4.69) is 5.10 Å². The first-order chi connectivity index (χ1) is 17.4. The van der Waals surface area contributed by atoms with Crippen molar-refractivity contribution in [3.05, 3.63) is 71.4 Å². The summed E-state index contributed by atoms with van der Waals surface area (Å²) in [6.07, 6.45) is 5.95. The lowest BCUT2D eigenvalue weighted by Crippen LogP contribution is -2.42. The van der Waals surface area contributed by atoms with Gasteiger partial charge in [-0.25, -0.2) is 9.07 Å². The first kappa shape index (κ1) is 23.9. The van der Waals surface area contributed by atoms with Crippen LogP contribution in [0.5, 0.6) is 5.88 Å². The predicted octanol–water partition coefficient (Wildman–Crippen LogP) is 2.55. The Morgan fingerprint density at radius 3 is 2.64 bits per heavy atom. The van der Waals surface area contributed by atoms with Gasteiger partial charge in [-0.15, -0.1) is 0 Å². The third-order valence-corrected chi connectivity index (χ3v) is 6.48. The van der Waals surface area contributed by atoms with Gasteiger partial charge >= 0.3 is 5.91 Å². The molecule has 0 bridgehead atoms. The molecule has 186 valence electrons. The molecule has 0 N–H and O–H groups in total. The molecule has 8 nitrogen and oxygen atoms in total. The second kappa shape index (κ2) is 9.66. The molecule has 4 heterocycles. The zero-order valence-electron chi connectivity index (χ0n) is 20.2. The zero-order valence-corrected chi connectivity index (χ0v) is 20.2. The van der Waals surface area contributed by atoms with Crippen LogP contribution < -0.4 is 9.67 Å². The minimum Gasteiger partial charge on any atom is -0.858 e. The maximum absolute atomic E-state index is 13.8. The van der Waals surface area contributed by atoms with Crippen LogP contribution in [0.2, 0.25) is 0 Å². The molecule has 1 atom stereocenters. The lowest BCUT2D eigenvalue weighted by molar-refractivity contribution is -0.577. The quantitative estimate of drug-likeness (QED) is 0.375. The fraction of sp³-hybridized carbons (Fsp3) is 0.333. The Balaban J connectivity index is 1.70. The summed E-state index contributed by atoms with van der Waals surface area (Å²) in [5.74, 6) is -1.97. The van der Waals surface area contributed by atoms with Gasteiger partial charge in [-0.1, -0.05) is 13.3 Å². The standard InChI is InChI=1S/C27H27FN4O4/c1-3-6-21-22(26(34)32(29-21)19-11-9-18(28)10-12-19)23-24(30-13-4-7-17(2)15-30)27(35)31(25(23)33)16-20-8-5-14-36-20/h4,7,9-13,15,20H,3,5-6,8,14,16H2,1-2H3. The van der Waals surface area contributed by atoms with Crippen LogP contribution in [0.4, 0.5) is 4.39 Å². The number of hydrogen-bond donors (Lipinski definition) is 0. The Morgan fingerprint density at radius 2 is 1.97 bits per heavy atom. The number of pyridine rings is 1. The molecule has 1 saturated heterocycles. The van der Waals surface area contributed by atoms with Crippen molar-refractivity contribution in [2.24, 2.45) is 0 Å². The molecule has 9 heteroatoms. The van der Waals surface area contributed by atoms with Gasteiger partial charge in [0, 0.05) is 23.8 Å². The summed E-state index contributed by atoms with van der Waals surface area (Å²) in [5, 5.41) is 18.2. The SMILES string of the molecule is CCCc1nn(-c2ccc(F)cc2)c([O-])c1C1=C([n+]2cccc(C)c2)C(=O)N(CC2CCCO2)C1=O. The Labute approximate surface area is 208 Å². The molecule has 0 aliphatic carbocycles. The summed E-state index contributed by atoms with van der Waals surface area (Å²) >= 11 is 0. The summed E-state index contributed by atoms with van der Waals surface area (Å²) < 4.78 is 22.0. The number of nitrogens with zero attached hydrogens (tertiary/aromatic N) is 4. The maximum atomic E-state index is 13.8. The minimum absolute atomic E-state index is 0.0374. The lowest BCUT2D eigenvalue weighted by Gasteiger charge is -2.18. The average Bonchev–Trinajstić information content (AvgIpc) is 3.54. The molecule has 3 aromatic rings. The minimum atomic E-state index is -0.535. The van der Waals surface area contributed by atoms with E-state index in [0.29, 0.717) is 30.8 Å². The van der Waals surface area contributed by atoms with E-state index in [-0.39, 0.29) is 29.5 Å². The van der Waals surface area contributed by atoms with Crippen LogP contribution in [0.25, 0.3) is 17.0 Å². The third kappa shape index (κ3) is 4.19. The second-order valence-electron chi connectivity index (χ2n) is 9.13. The molecule has 1 unspecified atom stereocenters. The molecule has 2 amide bonds. The first-order valence-electron chi connectivity index (χ1n) is 12.1. The van der Waals surface area contributed by atoms with E-state index >= 15 is 0 Å². The van der Waals surface area contributed by atoms with E-state index in [1.807, 2.05) is 19.9 Å². The highest BCUT2D eigenvalue weighted by atomic mass is 19.1. The van der Waals surface area contributed by atoms with Crippen molar-refractivity contribution < 1.29 is 28.4 Å². The van der Waals surface area contributed by atoms with Crippen molar-refractivity contribution in [3.63, 3.8) is 0 Å². The summed E-state index contributed by atoms with van der Waals surface area (Å²) in [6.45, 7) is 4.55. The highest BCUT2D eigenvalue weighted by Crippen LogP contribution is 2.37. The molecule has 0 spiro atoms. The fourth-order valence-corrected chi connectivity index (χ4v) is 4.78. The number of hydrogen-bond acceptors (Lipinski definition) is 5. The number of amides is 2. The fourth-order valence-electron chi connectivity index (χ4n) is 4.78. The van der Waals surface area contributed by atoms with Gasteiger partial charge < -0.3 is 9.84 Å². The Bertz CT molecular complexity index is 1360. The average molecular weight is 491 g/mol. The van der Waals surface area contributed by atoms with Crippen LogP contribution in [0.1, 0.15) is 43.0 Å². The van der Waals surface area contributed by atoms with Crippen LogP contribution in [-0.2, 0) is 20.7 Å². The van der Waals surface area contributed by atoms with E-state index in [0.717, 1.165) is 18.4 Å². The predicted molar refractivity (Wildman–Crippen MR) is 127 cm³/mol. The van der Waals surface area contributed by atoms with Crippen LogP contribution in [0, 0.1) is 12.7 Å². The number of rotatable bonds is 7. The topological polar surface area (TPSA) is 91.4 Å². The molecule has 36 heavy (non-hydrogen) atoms. The molecular weight excluding hydrogens is 463 g/mol. The van der Waals surface area contributed by atoms with E-state index < -0.39 is 23.5 Å². The van der Waals surface area contributed by atoms with Gasteiger partial charge in [-0.05, 0) is 62.4 Å². The smallest absolute Gasteiger partial charge is 0.327 e. The van der Waals surface area contributed by atoms with Gasteiger partial charge in [0.1, 0.15) is 11.4 Å². The summed E-state index contributed by atoms with van der Waals surface area (Å²) in [5.41, 5.74) is 1.96. The molecule has 1 fully saturated rings. The number of carbonyl (C=O) groups is 2. The normalized spacial score (nSPS) is 18.1. The van der Waals surface area contributed by atoms with Crippen molar-refractivity contribution in [1.82, 2.24) is 14.7 Å². The van der Waals surface area contributed by atoms with E-state index in [1.165, 1.54) is 33.8 Å². The van der Waals surface area contributed by atoms with Gasteiger partial charge in [-0.3, -0.25) is 14.5 Å². The zero-order chi connectivity index (χ0) is 25.4.